The molecule has 1 aliphatic heterocycles. The van der Waals surface area contributed by atoms with Gasteiger partial charge in [0.15, 0.2) is 11.5 Å². The van der Waals surface area contributed by atoms with E-state index in [2.05, 4.69) is 31.0 Å². The van der Waals surface area contributed by atoms with E-state index in [0.717, 1.165) is 42.9 Å². The molecule has 2 aliphatic rings. The lowest BCUT2D eigenvalue weighted by molar-refractivity contribution is 0.0926. The zero-order valence-corrected chi connectivity index (χ0v) is 15.7. The van der Waals surface area contributed by atoms with Crippen molar-refractivity contribution in [3.63, 3.8) is 0 Å². The molecule has 4 rings (SSSR count). The third kappa shape index (κ3) is 3.76. The Morgan fingerprint density at radius 2 is 2.12 bits per heavy atom. The van der Waals surface area contributed by atoms with Crippen LogP contribution in [0.5, 0.6) is 0 Å². The van der Waals surface area contributed by atoms with Crippen LogP contribution in [-0.4, -0.2) is 32.8 Å². The predicted molar refractivity (Wildman–Crippen MR) is 97.3 cm³/mol. The summed E-state index contributed by atoms with van der Waals surface area (Å²) >= 11 is 0. The molecule has 3 N–H and O–H groups in total. The van der Waals surface area contributed by atoms with Gasteiger partial charge in [0.2, 0.25) is 5.89 Å². The molecule has 0 aromatic carbocycles. The van der Waals surface area contributed by atoms with Crippen LogP contribution in [0, 0.1) is 0 Å². The first kappa shape index (κ1) is 18.8. The van der Waals surface area contributed by atoms with Gasteiger partial charge in [-0.25, -0.2) is 0 Å². The van der Waals surface area contributed by atoms with Gasteiger partial charge in [0.25, 0.3) is 5.91 Å². The number of hydrogen-bond acceptors (Lipinski definition) is 6. The third-order valence-corrected chi connectivity index (χ3v) is 5.17. The van der Waals surface area contributed by atoms with E-state index >= 15 is 0 Å². The molecular formula is C17H25ClN6O2. The van der Waals surface area contributed by atoms with Gasteiger partial charge in [-0.3, -0.25) is 9.89 Å². The van der Waals surface area contributed by atoms with Crippen molar-refractivity contribution in [3.8, 4) is 0 Å². The van der Waals surface area contributed by atoms with Gasteiger partial charge in [-0.1, -0.05) is 24.4 Å². The van der Waals surface area contributed by atoms with Crippen LogP contribution < -0.4 is 10.6 Å². The fourth-order valence-electron chi connectivity index (χ4n) is 3.69. The molecule has 142 valence electrons. The minimum Gasteiger partial charge on any atom is -0.339 e. The highest BCUT2D eigenvalue weighted by Gasteiger charge is 2.26. The predicted octanol–water partition coefficient (Wildman–Crippen LogP) is 2.40. The summed E-state index contributed by atoms with van der Waals surface area (Å²) in [7, 11) is 0. The normalized spacial score (nSPS) is 18.7. The zero-order chi connectivity index (χ0) is 17.2. The number of fused-ring (bicyclic) bond motifs is 1. The van der Waals surface area contributed by atoms with Crippen molar-refractivity contribution in [1.82, 2.24) is 31.0 Å². The molecule has 0 spiro atoms. The van der Waals surface area contributed by atoms with Gasteiger partial charge in [0, 0.05) is 36.7 Å². The van der Waals surface area contributed by atoms with Crippen LogP contribution in [-0.2, 0) is 13.0 Å². The quantitative estimate of drug-likeness (QED) is 0.751. The van der Waals surface area contributed by atoms with Gasteiger partial charge in [-0.15, -0.1) is 12.4 Å². The second-order valence-corrected chi connectivity index (χ2v) is 6.98. The molecule has 1 amide bonds. The Morgan fingerprint density at radius 1 is 1.31 bits per heavy atom. The number of amides is 1. The Hall–Kier alpha value is -1.93. The molecule has 2 aromatic rings. The summed E-state index contributed by atoms with van der Waals surface area (Å²) in [5, 5.41) is 17.5. The Morgan fingerprint density at radius 3 is 2.92 bits per heavy atom. The summed E-state index contributed by atoms with van der Waals surface area (Å²) < 4.78 is 5.39. The summed E-state index contributed by atoms with van der Waals surface area (Å²) in [6.07, 6.45) is 6.83. The summed E-state index contributed by atoms with van der Waals surface area (Å²) in [4.78, 5) is 17.1. The van der Waals surface area contributed by atoms with E-state index in [1.165, 1.54) is 19.3 Å². The average molecular weight is 381 g/mol. The van der Waals surface area contributed by atoms with Crippen molar-refractivity contribution in [1.29, 1.82) is 0 Å². The number of H-pyrrole nitrogens is 1. The number of hydrogen-bond donors (Lipinski definition) is 3. The number of aromatic amines is 1. The second kappa shape index (κ2) is 8.18. The molecule has 1 saturated carbocycles. The van der Waals surface area contributed by atoms with Crippen LogP contribution in [0.2, 0.25) is 0 Å². The Kier molecular flexibility index (Phi) is 5.93. The number of aromatic nitrogens is 4. The highest BCUT2D eigenvalue weighted by atomic mass is 35.5. The first-order chi connectivity index (χ1) is 12.2. The van der Waals surface area contributed by atoms with Gasteiger partial charge in [-0.05, 0) is 19.8 Å². The van der Waals surface area contributed by atoms with E-state index in [1.807, 2.05) is 6.92 Å². The van der Waals surface area contributed by atoms with Gasteiger partial charge in [-0.2, -0.15) is 10.1 Å². The van der Waals surface area contributed by atoms with Crippen molar-refractivity contribution in [2.75, 3.05) is 6.54 Å². The lowest BCUT2D eigenvalue weighted by Gasteiger charge is -2.17. The van der Waals surface area contributed by atoms with Crippen molar-refractivity contribution in [2.24, 2.45) is 0 Å². The molecule has 1 fully saturated rings. The maximum atomic E-state index is 12.6. The lowest BCUT2D eigenvalue weighted by atomic mass is 9.89. The monoisotopic (exact) mass is 380 g/mol. The van der Waals surface area contributed by atoms with Crippen LogP contribution in [0.25, 0.3) is 0 Å². The maximum absolute atomic E-state index is 12.6. The fourth-order valence-corrected chi connectivity index (χ4v) is 3.69. The average Bonchev–Trinajstić information content (AvgIpc) is 3.30. The van der Waals surface area contributed by atoms with E-state index < -0.39 is 0 Å². The van der Waals surface area contributed by atoms with Crippen LogP contribution in [0.3, 0.4) is 0 Å². The van der Waals surface area contributed by atoms with Crippen LogP contribution >= 0.6 is 12.4 Å². The molecule has 0 radical (unpaired) electrons. The molecule has 26 heavy (non-hydrogen) atoms. The van der Waals surface area contributed by atoms with Crippen LogP contribution in [0.4, 0.5) is 0 Å². The number of carbonyl (C=O) groups is 1. The minimum absolute atomic E-state index is 0. The number of halogens is 1. The van der Waals surface area contributed by atoms with Crippen molar-refractivity contribution >= 4 is 18.3 Å². The largest absolute Gasteiger partial charge is 0.339 e. The molecule has 2 aromatic heterocycles. The highest BCUT2D eigenvalue weighted by molar-refractivity contribution is 5.94. The minimum atomic E-state index is -0.346. The van der Waals surface area contributed by atoms with E-state index in [-0.39, 0.29) is 24.4 Å². The van der Waals surface area contributed by atoms with Gasteiger partial charge in [0.1, 0.15) is 6.04 Å². The summed E-state index contributed by atoms with van der Waals surface area (Å²) in [6.45, 7) is 3.42. The van der Waals surface area contributed by atoms with Crippen LogP contribution in [0.1, 0.15) is 84.4 Å². The lowest BCUT2D eigenvalue weighted by Crippen LogP contribution is -2.30. The maximum Gasteiger partial charge on any atom is 0.272 e. The summed E-state index contributed by atoms with van der Waals surface area (Å²) in [5.74, 6) is 1.40. The van der Waals surface area contributed by atoms with Gasteiger partial charge in [0.05, 0.1) is 0 Å². The Bertz CT molecular complexity index is 752. The molecule has 1 aliphatic carbocycles. The fraction of sp³-hybridized carbons (Fsp3) is 0.647. The first-order valence-electron chi connectivity index (χ1n) is 9.13. The van der Waals surface area contributed by atoms with E-state index in [1.54, 1.807) is 0 Å². The molecule has 0 bridgehead atoms. The number of carbonyl (C=O) groups excluding carboxylic acids is 1. The zero-order valence-electron chi connectivity index (χ0n) is 14.9. The van der Waals surface area contributed by atoms with E-state index in [4.69, 9.17) is 4.52 Å². The Balaban J connectivity index is 0.00000196. The van der Waals surface area contributed by atoms with E-state index in [9.17, 15) is 4.79 Å². The number of nitrogens with zero attached hydrogens (tertiary/aromatic N) is 3. The third-order valence-electron chi connectivity index (χ3n) is 5.17. The molecule has 1 unspecified atom stereocenters. The molecular weight excluding hydrogens is 356 g/mol. The van der Waals surface area contributed by atoms with Gasteiger partial charge >= 0.3 is 0 Å². The SMILES string of the molecule is CC(NC(=O)c1n[nH]c2c1CNCC2)c1nc(C2CCCCC2)no1.Cl. The Labute approximate surface area is 158 Å². The number of rotatable bonds is 4. The molecule has 1 atom stereocenters. The molecule has 8 nitrogen and oxygen atoms in total. The summed E-state index contributed by atoms with van der Waals surface area (Å²) in [5.41, 5.74) is 2.43. The molecule has 3 heterocycles. The molecule has 0 saturated heterocycles. The molecule has 9 heteroatoms. The second-order valence-electron chi connectivity index (χ2n) is 6.98. The van der Waals surface area contributed by atoms with Crippen molar-refractivity contribution in [2.45, 2.75) is 64.0 Å². The first-order valence-corrected chi connectivity index (χ1v) is 9.13. The van der Waals surface area contributed by atoms with E-state index in [0.29, 0.717) is 24.0 Å². The van der Waals surface area contributed by atoms with Crippen LogP contribution in [0.15, 0.2) is 4.52 Å². The topological polar surface area (TPSA) is 109 Å². The van der Waals surface area contributed by atoms with Gasteiger partial charge < -0.3 is 15.2 Å². The number of nitrogens with one attached hydrogen (secondary N) is 3. The van der Waals surface area contributed by atoms with Crippen molar-refractivity contribution < 1.29 is 9.32 Å². The smallest absolute Gasteiger partial charge is 0.272 e. The summed E-state index contributed by atoms with van der Waals surface area (Å²) in [6, 6.07) is -0.346. The van der Waals surface area contributed by atoms with Crippen molar-refractivity contribution in [3.05, 3.63) is 28.7 Å². The highest BCUT2D eigenvalue weighted by Crippen LogP contribution is 2.31. The standard InChI is InChI=1S/C17H24N6O2.ClH/c1-10(17-20-15(23-25-17)11-5-3-2-4-6-11)19-16(24)14-12-9-18-8-7-13(12)21-22-14;/h10-11,18H,2-9H2,1H3,(H,19,24)(H,21,22);1H.